The molecule has 0 spiro atoms. The van der Waals surface area contributed by atoms with Gasteiger partial charge in [0, 0.05) is 25.7 Å². The third kappa shape index (κ3) is 2.80. The van der Waals surface area contributed by atoms with E-state index in [-0.39, 0.29) is 5.91 Å². The van der Waals surface area contributed by atoms with Crippen LogP contribution >= 0.6 is 0 Å². The van der Waals surface area contributed by atoms with Crippen molar-refractivity contribution in [2.45, 2.75) is 44.2 Å². The summed E-state index contributed by atoms with van der Waals surface area (Å²) >= 11 is 0. The molecule has 0 bridgehead atoms. The van der Waals surface area contributed by atoms with Crippen molar-refractivity contribution >= 4 is 5.91 Å². The molecule has 4 heteroatoms. The van der Waals surface area contributed by atoms with Crippen LogP contribution in [0, 0.1) is 0 Å². The summed E-state index contributed by atoms with van der Waals surface area (Å²) in [7, 11) is 3.84. The van der Waals surface area contributed by atoms with E-state index in [2.05, 4.69) is 16.8 Å². The predicted octanol–water partition coefficient (Wildman–Crippen LogP) is 1.11. The van der Waals surface area contributed by atoms with Gasteiger partial charge in [0.25, 0.3) is 0 Å². The van der Waals surface area contributed by atoms with Crippen molar-refractivity contribution < 1.29 is 9.53 Å². The summed E-state index contributed by atoms with van der Waals surface area (Å²) in [4.78, 5) is 16.6. The molecule has 98 valence electrons. The van der Waals surface area contributed by atoms with Crippen molar-refractivity contribution in [2.24, 2.45) is 0 Å². The van der Waals surface area contributed by atoms with E-state index in [0.29, 0.717) is 25.1 Å². The Bertz CT molecular complexity index is 270. The quantitative estimate of drug-likeness (QED) is 0.738. The van der Waals surface area contributed by atoms with Crippen LogP contribution in [0.25, 0.3) is 0 Å². The molecule has 1 amide bonds. The van der Waals surface area contributed by atoms with Gasteiger partial charge in [-0.3, -0.25) is 4.79 Å². The molecule has 0 unspecified atom stereocenters. The van der Waals surface area contributed by atoms with Crippen molar-refractivity contribution in [1.29, 1.82) is 0 Å². The normalized spacial score (nSPS) is 30.1. The van der Waals surface area contributed by atoms with Gasteiger partial charge in [-0.1, -0.05) is 0 Å². The SMILES string of the molecule is COCCC(=O)N1CCC[C@H]1[C@H]1CCCN1C. The van der Waals surface area contributed by atoms with Crippen LogP contribution in [-0.4, -0.2) is 61.6 Å². The highest BCUT2D eigenvalue weighted by atomic mass is 16.5. The molecule has 2 atom stereocenters. The van der Waals surface area contributed by atoms with Gasteiger partial charge in [-0.15, -0.1) is 0 Å². The van der Waals surface area contributed by atoms with Gasteiger partial charge in [-0.25, -0.2) is 0 Å². The zero-order valence-corrected chi connectivity index (χ0v) is 11.0. The second-order valence-corrected chi connectivity index (χ2v) is 5.23. The van der Waals surface area contributed by atoms with Gasteiger partial charge >= 0.3 is 0 Å². The van der Waals surface area contributed by atoms with E-state index in [9.17, 15) is 4.79 Å². The van der Waals surface area contributed by atoms with Crippen molar-refractivity contribution in [1.82, 2.24) is 9.80 Å². The largest absolute Gasteiger partial charge is 0.384 e. The summed E-state index contributed by atoms with van der Waals surface area (Å²) in [5.74, 6) is 0.273. The van der Waals surface area contributed by atoms with E-state index in [1.165, 1.54) is 25.8 Å². The summed E-state index contributed by atoms with van der Waals surface area (Å²) in [5, 5.41) is 0. The highest BCUT2D eigenvalue weighted by molar-refractivity contribution is 5.77. The number of amides is 1. The molecule has 0 aromatic carbocycles. The molecule has 2 aliphatic heterocycles. The van der Waals surface area contributed by atoms with Crippen molar-refractivity contribution in [2.75, 3.05) is 33.9 Å². The minimum absolute atomic E-state index is 0.273. The highest BCUT2D eigenvalue weighted by Crippen LogP contribution is 2.29. The van der Waals surface area contributed by atoms with Crippen LogP contribution < -0.4 is 0 Å². The number of nitrogens with zero attached hydrogens (tertiary/aromatic N) is 2. The first-order valence-electron chi connectivity index (χ1n) is 6.72. The van der Waals surface area contributed by atoms with E-state index in [4.69, 9.17) is 4.74 Å². The average molecular weight is 240 g/mol. The molecule has 2 rings (SSSR count). The Labute approximate surface area is 104 Å². The second kappa shape index (κ2) is 5.83. The molecule has 2 heterocycles. The molecule has 0 aromatic heterocycles. The van der Waals surface area contributed by atoms with Gasteiger partial charge in [0.15, 0.2) is 0 Å². The lowest BCUT2D eigenvalue weighted by molar-refractivity contribution is -0.133. The van der Waals surface area contributed by atoms with Crippen LogP contribution in [0.2, 0.25) is 0 Å². The summed E-state index contributed by atoms with van der Waals surface area (Å²) in [6.07, 6.45) is 5.39. The molecular weight excluding hydrogens is 216 g/mol. The number of hydrogen-bond acceptors (Lipinski definition) is 3. The number of carbonyl (C=O) groups excluding carboxylic acids is 1. The van der Waals surface area contributed by atoms with Crippen molar-refractivity contribution in [3.63, 3.8) is 0 Å². The molecule has 4 nitrogen and oxygen atoms in total. The number of likely N-dealkylation sites (tertiary alicyclic amines) is 2. The summed E-state index contributed by atoms with van der Waals surface area (Å²) in [5.41, 5.74) is 0. The molecule has 0 radical (unpaired) electrons. The first-order valence-corrected chi connectivity index (χ1v) is 6.72. The first-order chi connectivity index (χ1) is 8.24. The molecule has 0 N–H and O–H groups in total. The molecular formula is C13H24N2O2. The molecule has 2 aliphatic rings. The van der Waals surface area contributed by atoms with Gasteiger partial charge in [-0.05, 0) is 39.3 Å². The molecule has 0 aromatic rings. The van der Waals surface area contributed by atoms with Crippen LogP contribution in [-0.2, 0) is 9.53 Å². The fraction of sp³-hybridized carbons (Fsp3) is 0.923. The van der Waals surface area contributed by atoms with Crippen LogP contribution in [0.4, 0.5) is 0 Å². The maximum atomic E-state index is 12.1. The monoisotopic (exact) mass is 240 g/mol. The second-order valence-electron chi connectivity index (χ2n) is 5.23. The Morgan fingerprint density at radius 2 is 1.94 bits per heavy atom. The Morgan fingerprint density at radius 3 is 2.59 bits per heavy atom. The number of carbonyl (C=O) groups is 1. The minimum Gasteiger partial charge on any atom is -0.384 e. The third-order valence-corrected chi connectivity index (χ3v) is 4.16. The number of hydrogen-bond donors (Lipinski definition) is 0. The smallest absolute Gasteiger partial charge is 0.225 e. The Kier molecular flexibility index (Phi) is 4.40. The lowest BCUT2D eigenvalue weighted by atomic mass is 10.0. The maximum absolute atomic E-state index is 12.1. The topological polar surface area (TPSA) is 32.8 Å². The number of methoxy groups -OCH3 is 1. The third-order valence-electron chi connectivity index (χ3n) is 4.16. The van der Waals surface area contributed by atoms with E-state index in [1.54, 1.807) is 7.11 Å². The van der Waals surface area contributed by atoms with E-state index >= 15 is 0 Å². The molecule has 0 aliphatic carbocycles. The highest BCUT2D eigenvalue weighted by Gasteiger charge is 2.37. The van der Waals surface area contributed by atoms with Gasteiger partial charge < -0.3 is 14.5 Å². The summed E-state index contributed by atoms with van der Waals surface area (Å²) in [6, 6.07) is 1.04. The van der Waals surface area contributed by atoms with Crippen molar-refractivity contribution in [3.05, 3.63) is 0 Å². The zero-order chi connectivity index (χ0) is 12.3. The minimum atomic E-state index is 0.273. The van der Waals surface area contributed by atoms with Crippen LogP contribution in [0.3, 0.4) is 0 Å². The lowest BCUT2D eigenvalue weighted by Crippen LogP contribution is -2.47. The Balaban J connectivity index is 1.94. The Morgan fingerprint density at radius 1 is 1.24 bits per heavy atom. The number of likely N-dealkylation sites (N-methyl/N-ethyl adjacent to an activating group) is 1. The number of rotatable bonds is 4. The summed E-state index contributed by atoms with van der Waals surface area (Å²) in [6.45, 7) is 2.67. The molecule has 2 fully saturated rings. The van der Waals surface area contributed by atoms with E-state index in [0.717, 1.165) is 13.0 Å². The van der Waals surface area contributed by atoms with Crippen LogP contribution in [0.5, 0.6) is 0 Å². The fourth-order valence-corrected chi connectivity index (χ4v) is 3.26. The van der Waals surface area contributed by atoms with Gasteiger partial charge in [0.1, 0.15) is 0 Å². The van der Waals surface area contributed by atoms with Crippen LogP contribution in [0.1, 0.15) is 32.1 Å². The fourth-order valence-electron chi connectivity index (χ4n) is 3.26. The predicted molar refractivity (Wildman–Crippen MR) is 66.9 cm³/mol. The standard InChI is InChI=1S/C13H24N2O2/c1-14-8-3-5-11(14)12-6-4-9-15(12)13(16)7-10-17-2/h11-12H,3-10H2,1-2H3/t11-,12+/m1/s1. The van der Waals surface area contributed by atoms with Crippen LogP contribution in [0.15, 0.2) is 0 Å². The first kappa shape index (κ1) is 12.8. The Hall–Kier alpha value is -0.610. The molecule has 0 saturated carbocycles. The number of ether oxygens (including phenoxy) is 1. The van der Waals surface area contributed by atoms with Gasteiger partial charge in [-0.2, -0.15) is 0 Å². The van der Waals surface area contributed by atoms with E-state index < -0.39 is 0 Å². The zero-order valence-electron chi connectivity index (χ0n) is 11.0. The van der Waals surface area contributed by atoms with Gasteiger partial charge in [0.2, 0.25) is 5.91 Å². The molecule has 17 heavy (non-hydrogen) atoms. The maximum Gasteiger partial charge on any atom is 0.225 e. The summed E-state index contributed by atoms with van der Waals surface area (Å²) < 4.78 is 5.00. The van der Waals surface area contributed by atoms with Crippen molar-refractivity contribution in [3.8, 4) is 0 Å². The van der Waals surface area contributed by atoms with Gasteiger partial charge in [0.05, 0.1) is 13.0 Å². The lowest BCUT2D eigenvalue weighted by Gasteiger charge is -2.33. The average Bonchev–Trinajstić information content (AvgIpc) is 2.93. The molecule has 2 saturated heterocycles. The van der Waals surface area contributed by atoms with E-state index in [1.807, 2.05) is 0 Å².